The first-order valence-electron chi connectivity index (χ1n) is 6.65. The molecule has 0 N–H and O–H groups in total. The van der Waals surface area contributed by atoms with Gasteiger partial charge >= 0.3 is 0 Å². The molecule has 0 heterocycles. The molecule has 0 fully saturated rings. The van der Waals surface area contributed by atoms with E-state index < -0.39 is 0 Å². The van der Waals surface area contributed by atoms with Gasteiger partial charge in [-0.25, -0.2) is 0 Å². The minimum Gasteiger partial charge on any atom is -0.0921 e. The lowest BCUT2D eigenvalue weighted by molar-refractivity contribution is 0.641. The molecule has 19 heavy (non-hydrogen) atoms. The fourth-order valence-electron chi connectivity index (χ4n) is 2.32. The fraction of sp³-hybridized carbons (Fsp3) is 0.294. The van der Waals surface area contributed by atoms with E-state index >= 15 is 0 Å². The standard InChI is InChI=1S/C17H18Br2/c18-13-15(16-11-4-5-12-17(16)19)10-6-9-14-7-2-1-3-8-14/h1-5,7-8,11-12,15H,6,9-10,13H2. The summed E-state index contributed by atoms with van der Waals surface area (Å²) in [7, 11) is 0. The van der Waals surface area contributed by atoms with E-state index in [0.717, 1.165) is 11.8 Å². The maximum Gasteiger partial charge on any atom is 0.0210 e. The van der Waals surface area contributed by atoms with Crippen molar-refractivity contribution < 1.29 is 0 Å². The summed E-state index contributed by atoms with van der Waals surface area (Å²) in [6.07, 6.45) is 3.60. The summed E-state index contributed by atoms with van der Waals surface area (Å²) in [6.45, 7) is 0. The molecule has 0 aliphatic carbocycles. The SMILES string of the molecule is BrCC(CCCc1ccccc1)c1ccccc1Br. The molecule has 0 saturated heterocycles. The minimum atomic E-state index is 0.583. The second-order valence-corrected chi connectivity index (χ2v) is 6.25. The summed E-state index contributed by atoms with van der Waals surface area (Å²) in [5.74, 6) is 0.583. The molecule has 1 unspecified atom stereocenters. The predicted molar refractivity (Wildman–Crippen MR) is 90.1 cm³/mol. The molecule has 0 aliphatic rings. The lowest BCUT2D eigenvalue weighted by Crippen LogP contribution is -2.02. The van der Waals surface area contributed by atoms with Crippen molar-refractivity contribution in [2.45, 2.75) is 25.2 Å². The van der Waals surface area contributed by atoms with Gasteiger partial charge in [-0.05, 0) is 42.4 Å². The van der Waals surface area contributed by atoms with Crippen molar-refractivity contribution in [3.05, 3.63) is 70.2 Å². The first-order chi connectivity index (χ1) is 9.31. The third-order valence-corrected chi connectivity index (χ3v) is 4.90. The maximum absolute atomic E-state index is 3.65. The summed E-state index contributed by atoms with van der Waals surface area (Å²) in [6, 6.07) is 19.3. The molecule has 0 aliphatic heterocycles. The van der Waals surface area contributed by atoms with E-state index in [2.05, 4.69) is 86.5 Å². The van der Waals surface area contributed by atoms with Gasteiger partial charge in [0.15, 0.2) is 0 Å². The van der Waals surface area contributed by atoms with Crippen LogP contribution in [0.15, 0.2) is 59.1 Å². The van der Waals surface area contributed by atoms with Gasteiger partial charge in [-0.15, -0.1) is 0 Å². The van der Waals surface area contributed by atoms with E-state index in [4.69, 9.17) is 0 Å². The molecular formula is C17H18Br2. The van der Waals surface area contributed by atoms with Gasteiger partial charge in [0.1, 0.15) is 0 Å². The molecule has 0 spiro atoms. The van der Waals surface area contributed by atoms with Crippen LogP contribution in [0, 0.1) is 0 Å². The zero-order chi connectivity index (χ0) is 13.5. The van der Waals surface area contributed by atoms with Crippen molar-refractivity contribution >= 4 is 31.9 Å². The van der Waals surface area contributed by atoms with Gasteiger partial charge in [-0.1, -0.05) is 80.4 Å². The van der Waals surface area contributed by atoms with Crippen LogP contribution in [0.1, 0.15) is 29.9 Å². The van der Waals surface area contributed by atoms with Gasteiger partial charge in [-0.2, -0.15) is 0 Å². The topological polar surface area (TPSA) is 0 Å². The molecule has 0 nitrogen and oxygen atoms in total. The molecular weight excluding hydrogens is 364 g/mol. The Balaban J connectivity index is 1.92. The maximum atomic E-state index is 3.65. The highest BCUT2D eigenvalue weighted by molar-refractivity contribution is 9.10. The van der Waals surface area contributed by atoms with Gasteiger partial charge in [0.25, 0.3) is 0 Å². The number of hydrogen-bond donors (Lipinski definition) is 0. The van der Waals surface area contributed by atoms with E-state index in [1.54, 1.807) is 0 Å². The third-order valence-electron chi connectivity index (χ3n) is 3.39. The van der Waals surface area contributed by atoms with Crippen molar-refractivity contribution in [3.8, 4) is 0 Å². The third kappa shape index (κ3) is 4.47. The highest BCUT2D eigenvalue weighted by Gasteiger charge is 2.12. The summed E-state index contributed by atoms with van der Waals surface area (Å²) in [5.41, 5.74) is 2.84. The van der Waals surface area contributed by atoms with E-state index in [9.17, 15) is 0 Å². The first-order valence-corrected chi connectivity index (χ1v) is 8.57. The van der Waals surface area contributed by atoms with Crippen LogP contribution in [0.2, 0.25) is 0 Å². The summed E-state index contributed by atoms with van der Waals surface area (Å²) < 4.78 is 1.22. The Bertz CT molecular complexity index is 494. The highest BCUT2D eigenvalue weighted by atomic mass is 79.9. The number of rotatable bonds is 6. The van der Waals surface area contributed by atoms with Gasteiger partial charge < -0.3 is 0 Å². The second kappa shape index (κ2) is 7.86. The zero-order valence-electron chi connectivity index (χ0n) is 10.9. The summed E-state index contributed by atoms with van der Waals surface area (Å²) in [5, 5.41) is 1.02. The number of hydrogen-bond acceptors (Lipinski definition) is 0. The Labute approximate surface area is 132 Å². The zero-order valence-corrected chi connectivity index (χ0v) is 14.0. The molecule has 2 rings (SSSR count). The summed E-state index contributed by atoms with van der Waals surface area (Å²) in [4.78, 5) is 0. The molecule has 0 saturated carbocycles. The number of alkyl halides is 1. The highest BCUT2D eigenvalue weighted by Crippen LogP contribution is 2.30. The molecule has 0 radical (unpaired) electrons. The smallest absolute Gasteiger partial charge is 0.0210 e. The minimum absolute atomic E-state index is 0.583. The van der Waals surface area contributed by atoms with E-state index in [0.29, 0.717) is 5.92 Å². The van der Waals surface area contributed by atoms with Crippen LogP contribution in [0.5, 0.6) is 0 Å². The van der Waals surface area contributed by atoms with Crippen molar-refractivity contribution in [3.63, 3.8) is 0 Å². The van der Waals surface area contributed by atoms with Crippen LogP contribution >= 0.6 is 31.9 Å². The lowest BCUT2D eigenvalue weighted by Gasteiger charge is -2.16. The second-order valence-electron chi connectivity index (χ2n) is 4.75. The molecule has 2 heteroatoms. The van der Waals surface area contributed by atoms with Gasteiger partial charge in [0, 0.05) is 9.80 Å². The number of aryl methyl sites for hydroxylation is 1. The van der Waals surface area contributed by atoms with Gasteiger partial charge in [-0.3, -0.25) is 0 Å². The normalized spacial score (nSPS) is 12.3. The van der Waals surface area contributed by atoms with Gasteiger partial charge in [0.05, 0.1) is 0 Å². The van der Waals surface area contributed by atoms with E-state index in [1.165, 1.54) is 28.4 Å². The molecule has 1 atom stereocenters. The molecule has 0 aromatic heterocycles. The molecule has 0 bridgehead atoms. The summed E-state index contributed by atoms with van der Waals surface area (Å²) >= 11 is 7.31. The number of benzene rings is 2. The van der Waals surface area contributed by atoms with Crippen LogP contribution in [-0.4, -0.2) is 5.33 Å². The largest absolute Gasteiger partial charge is 0.0921 e. The Hall–Kier alpha value is -0.600. The monoisotopic (exact) mass is 380 g/mol. The van der Waals surface area contributed by atoms with Crippen molar-refractivity contribution in [1.82, 2.24) is 0 Å². The molecule has 2 aromatic carbocycles. The Morgan fingerprint density at radius 2 is 1.58 bits per heavy atom. The Morgan fingerprint density at radius 1 is 0.895 bits per heavy atom. The Morgan fingerprint density at radius 3 is 2.26 bits per heavy atom. The average Bonchev–Trinajstić information content (AvgIpc) is 2.46. The lowest BCUT2D eigenvalue weighted by atomic mass is 9.94. The number of halogens is 2. The fourth-order valence-corrected chi connectivity index (χ4v) is 3.60. The van der Waals surface area contributed by atoms with E-state index in [-0.39, 0.29) is 0 Å². The average molecular weight is 382 g/mol. The predicted octanol–water partition coefficient (Wildman–Crippen LogP) is 5.95. The van der Waals surface area contributed by atoms with Crippen LogP contribution in [0.25, 0.3) is 0 Å². The van der Waals surface area contributed by atoms with Crippen molar-refractivity contribution in [2.24, 2.45) is 0 Å². The molecule has 0 amide bonds. The van der Waals surface area contributed by atoms with E-state index in [1.807, 2.05) is 0 Å². The quantitative estimate of drug-likeness (QED) is 0.542. The van der Waals surface area contributed by atoms with Crippen LogP contribution in [-0.2, 0) is 6.42 Å². The van der Waals surface area contributed by atoms with Crippen LogP contribution < -0.4 is 0 Å². The molecule has 2 aromatic rings. The molecule has 100 valence electrons. The van der Waals surface area contributed by atoms with Crippen LogP contribution in [0.4, 0.5) is 0 Å². The van der Waals surface area contributed by atoms with Crippen molar-refractivity contribution in [2.75, 3.05) is 5.33 Å². The van der Waals surface area contributed by atoms with Gasteiger partial charge in [0.2, 0.25) is 0 Å². The van der Waals surface area contributed by atoms with Crippen LogP contribution in [0.3, 0.4) is 0 Å². The van der Waals surface area contributed by atoms with Crippen molar-refractivity contribution in [1.29, 1.82) is 0 Å². The Kier molecular flexibility index (Phi) is 6.12. The first kappa shape index (κ1) is 14.8.